The molecule has 0 amide bonds. The number of aromatic nitrogens is 3. The summed E-state index contributed by atoms with van der Waals surface area (Å²) in [5, 5.41) is 17.2. The molecule has 92 valence electrons. The van der Waals surface area contributed by atoms with Crippen LogP contribution in [0.3, 0.4) is 0 Å². The number of hydrogen-bond donors (Lipinski definition) is 0. The molecule has 0 atom stereocenters. The third-order valence-electron chi connectivity index (χ3n) is 2.17. The Morgan fingerprint density at radius 1 is 1.28 bits per heavy atom. The second-order valence-corrected chi connectivity index (χ2v) is 7.01. The maximum Gasteiger partial charge on any atom is 0.163 e. The predicted molar refractivity (Wildman–Crippen MR) is 71.7 cm³/mol. The Balaban J connectivity index is 2.14. The van der Waals surface area contributed by atoms with E-state index in [2.05, 4.69) is 36.0 Å². The summed E-state index contributed by atoms with van der Waals surface area (Å²) < 4.78 is 0.943. The van der Waals surface area contributed by atoms with E-state index in [1.807, 2.05) is 12.3 Å². The summed E-state index contributed by atoms with van der Waals surface area (Å²) in [5.41, 5.74) is 0.446. The molecule has 0 saturated heterocycles. The quantitative estimate of drug-likeness (QED) is 0.842. The average Bonchev–Trinajstić information content (AvgIpc) is 2.78. The van der Waals surface area contributed by atoms with Crippen molar-refractivity contribution >= 4 is 23.1 Å². The van der Waals surface area contributed by atoms with E-state index in [1.165, 1.54) is 16.6 Å². The lowest BCUT2D eigenvalue weighted by molar-refractivity contribution is 0.602. The van der Waals surface area contributed by atoms with Gasteiger partial charge in [0.2, 0.25) is 0 Å². The fourth-order valence-electron chi connectivity index (χ4n) is 1.18. The molecule has 2 heterocycles. The zero-order valence-electron chi connectivity index (χ0n) is 10.3. The monoisotopic (exact) mass is 276 g/mol. The van der Waals surface area contributed by atoms with Crippen molar-refractivity contribution < 1.29 is 0 Å². The lowest BCUT2D eigenvalue weighted by Gasteiger charge is -2.14. The van der Waals surface area contributed by atoms with Crippen LogP contribution in [0, 0.1) is 11.3 Å². The molecular formula is C12H12N4S2. The average molecular weight is 276 g/mol. The molecule has 2 aromatic rings. The Kier molecular flexibility index (Phi) is 3.64. The molecule has 4 nitrogen and oxygen atoms in total. The lowest BCUT2D eigenvalue weighted by atomic mass is 9.96. The van der Waals surface area contributed by atoms with E-state index < -0.39 is 0 Å². The summed E-state index contributed by atoms with van der Waals surface area (Å²) in [5.74, 6) is 0. The van der Waals surface area contributed by atoms with E-state index in [0.29, 0.717) is 5.69 Å². The molecule has 0 N–H and O–H groups in total. The van der Waals surface area contributed by atoms with E-state index in [0.717, 1.165) is 9.37 Å². The third-order valence-corrected chi connectivity index (χ3v) is 4.59. The number of thiazole rings is 1. The van der Waals surface area contributed by atoms with E-state index in [9.17, 15) is 0 Å². The molecule has 2 aromatic heterocycles. The van der Waals surface area contributed by atoms with Crippen LogP contribution in [0.1, 0.15) is 31.3 Å². The van der Waals surface area contributed by atoms with Crippen molar-refractivity contribution in [1.82, 2.24) is 15.2 Å². The van der Waals surface area contributed by atoms with Crippen LogP contribution < -0.4 is 0 Å². The molecule has 2 rings (SSSR count). The number of rotatable bonds is 2. The standard InChI is InChI=1S/C12H12N4S2/c1-12(2,3)9-7-14-11(17-9)18-10-5-4-8(6-13)15-16-10/h4-5,7H,1-3H3. The van der Waals surface area contributed by atoms with Crippen LogP contribution in [0.15, 0.2) is 27.7 Å². The fraction of sp³-hybridized carbons (Fsp3) is 0.333. The molecular weight excluding hydrogens is 264 g/mol. The smallest absolute Gasteiger partial charge is 0.163 e. The second-order valence-electron chi connectivity index (χ2n) is 4.71. The lowest BCUT2D eigenvalue weighted by Crippen LogP contribution is -2.07. The molecule has 0 aliphatic rings. The molecule has 0 aliphatic heterocycles. The van der Waals surface area contributed by atoms with Crippen molar-refractivity contribution in [3.63, 3.8) is 0 Å². The fourth-order valence-corrected chi connectivity index (χ4v) is 3.07. The van der Waals surface area contributed by atoms with Crippen LogP contribution >= 0.6 is 23.1 Å². The molecule has 0 aromatic carbocycles. The predicted octanol–water partition coefficient (Wildman–Crippen LogP) is 3.25. The Bertz CT molecular complexity index is 575. The maximum atomic E-state index is 8.64. The van der Waals surface area contributed by atoms with Gasteiger partial charge in [-0.2, -0.15) is 5.26 Å². The molecule has 0 radical (unpaired) electrons. The first kappa shape index (κ1) is 13.0. The summed E-state index contributed by atoms with van der Waals surface area (Å²) in [6.07, 6.45) is 1.91. The van der Waals surface area contributed by atoms with Gasteiger partial charge in [0.15, 0.2) is 10.0 Å². The molecule has 0 spiro atoms. The van der Waals surface area contributed by atoms with E-state index in [-0.39, 0.29) is 5.41 Å². The van der Waals surface area contributed by atoms with Gasteiger partial charge in [0.1, 0.15) is 11.1 Å². The minimum Gasteiger partial charge on any atom is -0.237 e. The molecule has 0 aliphatic carbocycles. The van der Waals surface area contributed by atoms with Gasteiger partial charge in [0.05, 0.1) is 0 Å². The Hall–Kier alpha value is -1.45. The summed E-state index contributed by atoms with van der Waals surface area (Å²) in [6.45, 7) is 6.49. The van der Waals surface area contributed by atoms with Gasteiger partial charge >= 0.3 is 0 Å². The zero-order chi connectivity index (χ0) is 13.2. The highest BCUT2D eigenvalue weighted by Crippen LogP contribution is 2.34. The van der Waals surface area contributed by atoms with Gasteiger partial charge in [-0.25, -0.2) is 4.98 Å². The van der Waals surface area contributed by atoms with Gasteiger partial charge in [-0.1, -0.05) is 20.8 Å². The molecule has 6 heteroatoms. The van der Waals surface area contributed by atoms with Gasteiger partial charge < -0.3 is 0 Å². The first-order chi connectivity index (χ1) is 8.49. The van der Waals surface area contributed by atoms with Crippen LogP contribution in [0.4, 0.5) is 0 Å². The second kappa shape index (κ2) is 5.04. The van der Waals surface area contributed by atoms with Crippen LogP contribution in [-0.4, -0.2) is 15.2 Å². The SMILES string of the molecule is CC(C)(C)c1cnc(Sc2ccc(C#N)nn2)s1. The highest BCUT2D eigenvalue weighted by atomic mass is 32.2. The molecule has 0 saturated carbocycles. The minimum absolute atomic E-state index is 0.118. The van der Waals surface area contributed by atoms with Gasteiger partial charge in [0, 0.05) is 11.1 Å². The highest BCUT2D eigenvalue weighted by molar-refractivity contribution is 8.01. The normalized spacial score (nSPS) is 11.2. The number of nitriles is 1. The maximum absolute atomic E-state index is 8.64. The first-order valence-corrected chi connectivity index (χ1v) is 7.00. The van der Waals surface area contributed by atoms with Gasteiger partial charge in [-0.3, -0.25) is 0 Å². The van der Waals surface area contributed by atoms with Crippen molar-refractivity contribution in [3.05, 3.63) is 28.9 Å². The Morgan fingerprint density at radius 2 is 2.06 bits per heavy atom. The molecule has 0 bridgehead atoms. The summed E-state index contributed by atoms with van der Waals surface area (Å²) in [7, 11) is 0. The summed E-state index contributed by atoms with van der Waals surface area (Å²) >= 11 is 3.13. The molecule has 18 heavy (non-hydrogen) atoms. The van der Waals surface area contributed by atoms with Crippen LogP contribution in [0.2, 0.25) is 0 Å². The Morgan fingerprint density at radius 3 is 2.56 bits per heavy atom. The van der Waals surface area contributed by atoms with Crippen LogP contribution in [-0.2, 0) is 5.41 Å². The summed E-state index contributed by atoms with van der Waals surface area (Å²) in [4.78, 5) is 5.61. The third kappa shape index (κ3) is 3.06. The van der Waals surface area contributed by atoms with Crippen LogP contribution in [0.5, 0.6) is 0 Å². The minimum atomic E-state index is 0.118. The van der Waals surface area contributed by atoms with Crippen molar-refractivity contribution in [2.24, 2.45) is 0 Å². The van der Waals surface area contributed by atoms with Crippen molar-refractivity contribution in [2.75, 3.05) is 0 Å². The molecule has 0 fully saturated rings. The van der Waals surface area contributed by atoms with E-state index >= 15 is 0 Å². The molecule has 0 unspecified atom stereocenters. The number of hydrogen-bond acceptors (Lipinski definition) is 6. The Labute approximate surface area is 114 Å². The number of nitrogens with zero attached hydrogens (tertiary/aromatic N) is 4. The summed E-state index contributed by atoms with van der Waals surface area (Å²) in [6, 6.07) is 5.39. The van der Waals surface area contributed by atoms with E-state index in [1.54, 1.807) is 23.5 Å². The van der Waals surface area contributed by atoms with Crippen molar-refractivity contribution in [1.29, 1.82) is 5.26 Å². The van der Waals surface area contributed by atoms with Crippen molar-refractivity contribution in [2.45, 2.75) is 35.6 Å². The largest absolute Gasteiger partial charge is 0.237 e. The van der Waals surface area contributed by atoms with Gasteiger partial charge in [0.25, 0.3) is 0 Å². The topological polar surface area (TPSA) is 62.5 Å². The van der Waals surface area contributed by atoms with Crippen molar-refractivity contribution in [3.8, 4) is 6.07 Å². The van der Waals surface area contributed by atoms with E-state index in [4.69, 9.17) is 5.26 Å². The highest BCUT2D eigenvalue weighted by Gasteiger charge is 2.17. The zero-order valence-corrected chi connectivity index (χ0v) is 12.0. The van der Waals surface area contributed by atoms with Crippen LogP contribution in [0.25, 0.3) is 0 Å². The van der Waals surface area contributed by atoms with Gasteiger partial charge in [-0.05, 0) is 29.3 Å². The van der Waals surface area contributed by atoms with Gasteiger partial charge in [-0.15, -0.1) is 21.5 Å². The first-order valence-electron chi connectivity index (χ1n) is 5.37.